The fourth-order valence-electron chi connectivity index (χ4n) is 1.96. The van der Waals surface area contributed by atoms with Crippen LogP contribution >= 0.6 is 0 Å². The molecule has 0 amide bonds. The lowest BCUT2D eigenvalue weighted by Gasteiger charge is -2.29. The molecule has 6 nitrogen and oxygen atoms in total. The van der Waals surface area contributed by atoms with E-state index in [0.717, 1.165) is 6.26 Å². The quantitative estimate of drug-likeness (QED) is 0.790. The lowest BCUT2D eigenvalue weighted by atomic mass is 9.87. The van der Waals surface area contributed by atoms with Crippen molar-refractivity contribution >= 4 is 20.9 Å². The maximum Gasteiger partial charge on any atom is 0.252 e. The van der Waals surface area contributed by atoms with Crippen LogP contribution in [0.5, 0.6) is 0 Å². The molecular formula is C14H19N3O3S. The van der Waals surface area contributed by atoms with Crippen LogP contribution in [0.25, 0.3) is 11.0 Å². The molecule has 0 spiro atoms. The van der Waals surface area contributed by atoms with Gasteiger partial charge in [-0.05, 0) is 18.4 Å². The van der Waals surface area contributed by atoms with Crippen molar-refractivity contribution in [1.82, 2.24) is 14.5 Å². The number of sulfone groups is 1. The second-order valence-corrected chi connectivity index (χ2v) is 8.20. The Morgan fingerprint density at radius 1 is 1.24 bits per heavy atom. The Labute approximate surface area is 123 Å². The zero-order chi connectivity index (χ0) is 16.0. The molecule has 21 heavy (non-hydrogen) atoms. The summed E-state index contributed by atoms with van der Waals surface area (Å²) >= 11 is 0. The summed E-state index contributed by atoms with van der Waals surface area (Å²) in [6.45, 7) is 7.97. The van der Waals surface area contributed by atoms with Gasteiger partial charge in [-0.3, -0.25) is 9.36 Å². The second kappa shape index (κ2) is 4.91. The summed E-state index contributed by atoms with van der Waals surface area (Å²) in [4.78, 5) is 20.2. The fourth-order valence-corrected chi connectivity index (χ4v) is 2.46. The third kappa shape index (κ3) is 2.97. The highest BCUT2D eigenvalue weighted by Crippen LogP contribution is 2.30. The minimum absolute atomic E-state index is 0.143. The smallest absolute Gasteiger partial charge is 0.252 e. The predicted octanol–water partition coefficient (Wildman–Crippen LogP) is 1.80. The normalized spacial score (nSPS) is 14.3. The van der Waals surface area contributed by atoms with Crippen molar-refractivity contribution in [1.29, 1.82) is 0 Å². The van der Waals surface area contributed by atoms with Crippen molar-refractivity contribution in [2.45, 2.75) is 38.9 Å². The molecule has 114 valence electrons. The van der Waals surface area contributed by atoms with E-state index in [2.05, 4.69) is 9.97 Å². The van der Waals surface area contributed by atoms with Crippen LogP contribution in [0, 0.1) is 5.41 Å². The third-order valence-electron chi connectivity index (χ3n) is 3.62. The molecule has 2 heterocycles. The number of nitrogens with zero attached hydrogens (tertiary/aromatic N) is 3. The van der Waals surface area contributed by atoms with Crippen LogP contribution in [0.2, 0.25) is 0 Å². The summed E-state index contributed by atoms with van der Waals surface area (Å²) in [5.41, 5.74) is -0.0302. The molecule has 2 aromatic rings. The van der Waals surface area contributed by atoms with E-state index in [0.29, 0.717) is 11.0 Å². The lowest BCUT2D eigenvalue weighted by Crippen LogP contribution is -2.31. The van der Waals surface area contributed by atoms with Crippen molar-refractivity contribution in [3.63, 3.8) is 0 Å². The molecule has 0 saturated carbocycles. The molecule has 0 aliphatic heterocycles. The van der Waals surface area contributed by atoms with E-state index >= 15 is 0 Å². The van der Waals surface area contributed by atoms with Gasteiger partial charge in [0.25, 0.3) is 5.56 Å². The Kier molecular flexibility index (Phi) is 3.65. The van der Waals surface area contributed by atoms with E-state index < -0.39 is 9.84 Å². The van der Waals surface area contributed by atoms with Gasteiger partial charge in [0.1, 0.15) is 5.65 Å². The van der Waals surface area contributed by atoms with Gasteiger partial charge < -0.3 is 0 Å². The van der Waals surface area contributed by atoms with Crippen LogP contribution < -0.4 is 5.56 Å². The minimum Gasteiger partial charge on any atom is -0.289 e. The highest BCUT2D eigenvalue weighted by molar-refractivity contribution is 7.90. The molecule has 0 aromatic carbocycles. The lowest BCUT2D eigenvalue weighted by molar-refractivity contribution is 0.262. The number of hydrogen-bond donors (Lipinski definition) is 0. The molecule has 0 aliphatic carbocycles. The van der Waals surface area contributed by atoms with Crippen LogP contribution in [0.1, 0.15) is 33.7 Å². The van der Waals surface area contributed by atoms with Crippen LogP contribution in [-0.2, 0) is 9.84 Å². The molecular weight excluding hydrogens is 290 g/mol. The average molecular weight is 309 g/mol. The van der Waals surface area contributed by atoms with Gasteiger partial charge in [0.2, 0.25) is 15.0 Å². The number of aromatic nitrogens is 3. The summed E-state index contributed by atoms with van der Waals surface area (Å²) in [5.74, 6) is 0. The topological polar surface area (TPSA) is 81.9 Å². The van der Waals surface area contributed by atoms with Gasteiger partial charge in [0.15, 0.2) is 0 Å². The summed E-state index contributed by atoms with van der Waals surface area (Å²) in [5, 5.41) is 0.369. The fraction of sp³-hybridized carbons (Fsp3) is 0.500. The monoisotopic (exact) mass is 309 g/mol. The van der Waals surface area contributed by atoms with Gasteiger partial charge in [-0.1, -0.05) is 20.8 Å². The van der Waals surface area contributed by atoms with Gasteiger partial charge in [-0.2, -0.15) is 4.98 Å². The maximum atomic E-state index is 12.2. The number of fused-ring (bicyclic) bond motifs is 1. The first kappa shape index (κ1) is 15.6. The van der Waals surface area contributed by atoms with E-state index in [-0.39, 0.29) is 22.2 Å². The molecule has 2 rings (SSSR count). The molecule has 0 aliphatic rings. The van der Waals surface area contributed by atoms with Gasteiger partial charge in [0.05, 0.1) is 0 Å². The van der Waals surface area contributed by atoms with Crippen molar-refractivity contribution in [2.75, 3.05) is 6.26 Å². The zero-order valence-corrected chi connectivity index (χ0v) is 13.6. The van der Waals surface area contributed by atoms with Gasteiger partial charge in [-0.25, -0.2) is 13.4 Å². The molecule has 0 saturated heterocycles. The number of pyridine rings is 1. The molecule has 0 N–H and O–H groups in total. The number of hydrogen-bond acceptors (Lipinski definition) is 5. The Bertz CT molecular complexity index is 848. The average Bonchev–Trinajstić information content (AvgIpc) is 2.35. The molecule has 2 aromatic heterocycles. The molecule has 1 atom stereocenters. The summed E-state index contributed by atoms with van der Waals surface area (Å²) in [7, 11) is -3.52. The van der Waals surface area contributed by atoms with Crippen molar-refractivity contribution in [3.8, 4) is 0 Å². The zero-order valence-electron chi connectivity index (χ0n) is 12.8. The first-order chi connectivity index (χ1) is 9.51. The van der Waals surface area contributed by atoms with Crippen LogP contribution in [0.3, 0.4) is 0 Å². The highest BCUT2D eigenvalue weighted by Gasteiger charge is 2.25. The largest absolute Gasteiger partial charge is 0.289 e. The molecule has 0 radical (unpaired) electrons. The van der Waals surface area contributed by atoms with Crippen LogP contribution in [0.15, 0.2) is 28.3 Å². The van der Waals surface area contributed by atoms with Crippen molar-refractivity contribution in [2.24, 2.45) is 5.41 Å². The van der Waals surface area contributed by atoms with E-state index in [1.54, 1.807) is 6.07 Å². The first-order valence-electron chi connectivity index (χ1n) is 6.60. The first-order valence-corrected chi connectivity index (χ1v) is 8.49. The molecule has 0 fully saturated rings. The summed E-state index contributed by atoms with van der Waals surface area (Å²) in [6, 6.07) is 2.92. The minimum atomic E-state index is -3.52. The standard InChI is InChI=1S/C14H19N3O3S/c1-9(14(2,3)4)17-11(18)7-6-10-8-15-13(16-12(10)17)21(5,19)20/h6-9H,1-5H3. The predicted molar refractivity (Wildman–Crippen MR) is 81.1 cm³/mol. The highest BCUT2D eigenvalue weighted by atomic mass is 32.2. The molecule has 1 unspecified atom stereocenters. The second-order valence-electron chi connectivity index (χ2n) is 6.29. The van der Waals surface area contributed by atoms with E-state index in [9.17, 15) is 13.2 Å². The Morgan fingerprint density at radius 3 is 2.38 bits per heavy atom. The van der Waals surface area contributed by atoms with E-state index in [1.165, 1.54) is 16.8 Å². The van der Waals surface area contributed by atoms with Crippen molar-refractivity contribution in [3.05, 3.63) is 28.7 Å². The Balaban J connectivity index is 2.86. The van der Waals surface area contributed by atoms with Crippen LogP contribution in [0.4, 0.5) is 0 Å². The van der Waals surface area contributed by atoms with Gasteiger partial charge in [-0.15, -0.1) is 0 Å². The SMILES string of the molecule is CC(n1c(=O)ccc2cnc(S(C)(=O)=O)nc21)C(C)(C)C. The third-order valence-corrected chi connectivity index (χ3v) is 4.48. The van der Waals surface area contributed by atoms with Gasteiger partial charge >= 0.3 is 0 Å². The maximum absolute atomic E-state index is 12.2. The van der Waals surface area contributed by atoms with Gasteiger partial charge in [0, 0.05) is 29.9 Å². The summed E-state index contributed by atoms with van der Waals surface area (Å²) in [6.07, 6.45) is 2.48. The van der Waals surface area contributed by atoms with E-state index in [4.69, 9.17) is 0 Å². The van der Waals surface area contributed by atoms with E-state index in [1.807, 2.05) is 27.7 Å². The van der Waals surface area contributed by atoms with Crippen LogP contribution in [-0.4, -0.2) is 29.2 Å². The summed E-state index contributed by atoms with van der Waals surface area (Å²) < 4.78 is 24.8. The Hall–Kier alpha value is -1.76. The molecule has 7 heteroatoms. The number of rotatable bonds is 2. The van der Waals surface area contributed by atoms with Crippen molar-refractivity contribution < 1.29 is 8.42 Å². The Morgan fingerprint density at radius 2 is 1.86 bits per heavy atom. The molecule has 0 bridgehead atoms.